The van der Waals surface area contributed by atoms with Gasteiger partial charge in [-0.25, -0.2) is 4.79 Å². The molecule has 2 aromatic rings. The Bertz CT molecular complexity index is 1150. The molecule has 1 aromatic carbocycles. The first-order valence-corrected chi connectivity index (χ1v) is 12.6. The third kappa shape index (κ3) is 5.13. The fourth-order valence-corrected chi connectivity index (χ4v) is 5.64. The highest BCUT2D eigenvalue weighted by molar-refractivity contribution is 7.10. The quantitative estimate of drug-likeness (QED) is 0.397. The monoisotopic (exact) mass is 497 g/mol. The van der Waals surface area contributed by atoms with Crippen molar-refractivity contribution in [1.29, 1.82) is 0 Å². The first-order valence-electron chi connectivity index (χ1n) is 11.7. The van der Waals surface area contributed by atoms with Crippen LogP contribution in [0, 0.1) is 0 Å². The Labute approximate surface area is 209 Å². The lowest BCUT2D eigenvalue weighted by Gasteiger charge is -2.36. The maximum atomic E-state index is 13.6. The second-order valence-electron chi connectivity index (χ2n) is 8.50. The van der Waals surface area contributed by atoms with Gasteiger partial charge in [-0.15, -0.1) is 11.3 Å². The standard InChI is InChI=1S/C27H31NO6S/c1-5-33-21-9-8-17(15-22(21)32-4)18-13-19-25(20(29)14-18)26(23-7-6-12-35-23)24(16(2)28-19)27(30)34-11-10-31-3/h6-9,12,15,18,26,28H,5,10-11,13-14H2,1-4H3. The number of carbonyl (C=O) groups is 2. The van der Waals surface area contributed by atoms with E-state index >= 15 is 0 Å². The Balaban J connectivity index is 1.67. The van der Waals surface area contributed by atoms with E-state index in [0.717, 1.165) is 16.1 Å². The average Bonchev–Trinajstić information content (AvgIpc) is 3.38. The second-order valence-corrected chi connectivity index (χ2v) is 9.48. The normalized spacial score (nSPS) is 19.8. The fourth-order valence-electron chi connectivity index (χ4n) is 4.79. The molecule has 2 heterocycles. The van der Waals surface area contributed by atoms with Gasteiger partial charge < -0.3 is 24.3 Å². The average molecular weight is 498 g/mol. The van der Waals surface area contributed by atoms with Gasteiger partial charge >= 0.3 is 5.97 Å². The highest BCUT2D eigenvalue weighted by atomic mass is 32.1. The number of thiophene rings is 1. The summed E-state index contributed by atoms with van der Waals surface area (Å²) in [7, 11) is 3.17. The van der Waals surface area contributed by atoms with Crippen molar-refractivity contribution in [3.63, 3.8) is 0 Å². The number of Topliss-reactive ketones (excluding diaryl/α,β-unsaturated/α-hetero) is 1. The van der Waals surface area contributed by atoms with Crippen molar-refractivity contribution >= 4 is 23.1 Å². The Hall–Kier alpha value is -3.10. The lowest BCUT2D eigenvalue weighted by atomic mass is 9.73. The van der Waals surface area contributed by atoms with E-state index in [9.17, 15) is 9.59 Å². The molecule has 0 bridgehead atoms. The van der Waals surface area contributed by atoms with Crippen LogP contribution in [0.5, 0.6) is 11.5 Å². The van der Waals surface area contributed by atoms with Crippen LogP contribution in [0.2, 0.25) is 0 Å². The number of ether oxygens (including phenoxy) is 4. The minimum absolute atomic E-state index is 0.00897. The van der Waals surface area contributed by atoms with Crippen LogP contribution >= 0.6 is 11.3 Å². The number of methoxy groups -OCH3 is 2. The topological polar surface area (TPSA) is 83.1 Å². The zero-order valence-electron chi connectivity index (χ0n) is 20.5. The zero-order valence-corrected chi connectivity index (χ0v) is 21.3. The largest absolute Gasteiger partial charge is 0.493 e. The van der Waals surface area contributed by atoms with Crippen LogP contribution < -0.4 is 14.8 Å². The number of rotatable bonds is 9. The van der Waals surface area contributed by atoms with Crippen molar-refractivity contribution in [2.45, 2.75) is 38.5 Å². The molecule has 4 rings (SSSR count). The molecule has 0 radical (unpaired) electrons. The van der Waals surface area contributed by atoms with Crippen LogP contribution in [0.15, 0.2) is 58.3 Å². The lowest BCUT2D eigenvalue weighted by molar-refractivity contribution is -0.140. The molecule has 1 aromatic heterocycles. The highest BCUT2D eigenvalue weighted by Gasteiger charge is 2.42. The first kappa shape index (κ1) is 25.0. The second kappa shape index (κ2) is 11.1. The summed E-state index contributed by atoms with van der Waals surface area (Å²) in [5.41, 5.74) is 3.74. The first-order chi connectivity index (χ1) is 17.0. The number of hydrogen-bond donors (Lipinski definition) is 1. The summed E-state index contributed by atoms with van der Waals surface area (Å²) < 4.78 is 21.6. The van der Waals surface area contributed by atoms with Crippen LogP contribution in [0.1, 0.15) is 49.0 Å². The molecule has 1 aliphatic carbocycles. The molecule has 7 nitrogen and oxygen atoms in total. The van der Waals surface area contributed by atoms with Crippen LogP contribution in [0.25, 0.3) is 0 Å². The van der Waals surface area contributed by atoms with Gasteiger partial charge in [-0.3, -0.25) is 4.79 Å². The van der Waals surface area contributed by atoms with Crippen LogP contribution in [-0.2, 0) is 19.1 Å². The summed E-state index contributed by atoms with van der Waals surface area (Å²) in [4.78, 5) is 27.7. The molecule has 186 valence electrons. The van der Waals surface area contributed by atoms with Gasteiger partial charge in [-0.05, 0) is 55.3 Å². The van der Waals surface area contributed by atoms with Gasteiger partial charge in [0.15, 0.2) is 17.3 Å². The molecule has 2 aliphatic rings. The van der Waals surface area contributed by atoms with Crippen molar-refractivity contribution in [1.82, 2.24) is 5.32 Å². The summed E-state index contributed by atoms with van der Waals surface area (Å²) in [6.45, 7) is 4.81. The van der Waals surface area contributed by atoms with E-state index in [1.807, 2.05) is 49.6 Å². The summed E-state index contributed by atoms with van der Waals surface area (Å²) >= 11 is 1.54. The minimum atomic E-state index is -0.440. The van der Waals surface area contributed by atoms with Crippen LogP contribution in [0.4, 0.5) is 0 Å². The number of allylic oxidation sites excluding steroid dienone is 3. The summed E-state index contributed by atoms with van der Waals surface area (Å²) in [5.74, 6) is 0.495. The van der Waals surface area contributed by atoms with Gasteiger partial charge in [-0.1, -0.05) is 12.1 Å². The van der Waals surface area contributed by atoms with Crippen molar-refractivity contribution in [2.24, 2.45) is 0 Å². The zero-order chi connectivity index (χ0) is 24.9. The van der Waals surface area contributed by atoms with Crippen molar-refractivity contribution in [3.05, 3.63) is 68.7 Å². The molecular formula is C27H31NO6S. The Kier molecular flexibility index (Phi) is 7.93. The Morgan fingerprint density at radius 3 is 2.66 bits per heavy atom. The van der Waals surface area contributed by atoms with E-state index in [1.54, 1.807) is 14.2 Å². The molecule has 1 N–H and O–H groups in total. The van der Waals surface area contributed by atoms with Gasteiger partial charge in [0.1, 0.15) is 6.61 Å². The van der Waals surface area contributed by atoms with Crippen molar-refractivity contribution in [3.8, 4) is 11.5 Å². The number of hydrogen-bond acceptors (Lipinski definition) is 8. The van der Waals surface area contributed by atoms with Crippen molar-refractivity contribution < 1.29 is 28.5 Å². The van der Waals surface area contributed by atoms with Gasteiger partial charge in [0.25, 0.3) is 0 Å². The molecule has 1 aliphatic heterocycles. The van der Waals surface area contributed by atoms with E-state index in [4.69, 9.17) is 18.9 Å². The lowest BCUT2D eigenvalue weighted by Crippen LogP contribution is -2.36. The maximum absolute atomic E-state index is 13.6. The molecular weight excluding hydrogens is 466 g/mol. The molecule has 0 amide bonds. The van der Waals surface area contributed by atoms with Crippen LogP contribution in [0.3, 0.4) is 0 Å². The SMILES string of the molecule is CCOc1ccc(C2CC(=O)C3=C(C2)NC(C)=C(C(=O)OCCOC)C3c2cccs2)cc1OC. The van der Waals surface area contributed by atoms with E-state index in [0.29, 0.717) is 54.4 Å². The Morgan fingerprint density at radius 2 is 1.97 bits per heavy atom. The van der Waals surface area contributed by atoms with E-state index in [1.165, 1.54) is 11.3 Å². The summed E-state index contributed by atoms with van der Waals surface area (Å²) in [6.07, 6.45) is 1.01. The molecule has 0 fully saturated rings. The van der Waals surface area contributed by atoms with Gasteiger partial charge in [0.05, 0.1) is 31.8 Å². The highest BCUT2D eigenvalue weighted by Crippen LogP contribution is 2.47. The number of dihydropyridines is 1. The number of ketones is 1. The molecule has 0 saturated heterocycles. The fraction of sp³-hybridized carbons (Fsp3) is 0.407. The van der Waals surface area contributed by atoms with E-state index in [2.05, 4.69) is 5.32 Å². The summed E-state index contributed by atoms with van der Waals surface area (Å²) in [6, 6.07) is 9.76. The third-order valence-corrected chi connectivity index (χ3v) is 7.29. The van der Waals surface area contributed by atoms with E-state index in [-0.39, 0.29) is 18.3 Å². The predicted molar refractivity (Wildman–Crippen MR) is 134 cm³/mol. The molecule has 2 atom stereocenters. The van der Waals surface area contributed by atoms with Gasteiger partial charge in [0, 0.05) is 35.4 Å². The van der Waals surface area contributed by atoms with Crippen LogP contribution in [-0.4, -0.2) is 45.8 Å². The maximum Gasteiger partial charge on any atom is 0.336 e. The molecule has 0 spiro atoms. The predicted octanol–water partition coefficient (Wildman–Crippen LogP) is 4.71. The number of carbonyl (C=O) groups excluding carboxylic acids is 2. The van der Waals surface area contributed by atoms with Gasteiger partial charge in [0.2, 0.25) is 0 Å². The smallest absolute Gasteiger partial charge is 0.336 e. The molecule has 8 heteroatoms. The number of esters is 1. The molecule has 2 unspecified atom stereocenters. The minimum Gasteiger partial charge on any atom is -0.493 e. The van der Waals surface area contributed by atoms with E-state index < -0.39 is 11.9 Å². The van der Waals surface area contributed by atoms with Gasteiger partial charge in [-0.2, -0.15) is 0 Å². The number of nitrogens with one attached hydrogen (secondary N) is 1. The molecule has 35 heavy (non-hydrogen) atoms. The number of benzene rings is 1. The Morgan fingerprint density at radius 1 is 1.14 bits per heavy atom. The summed E-state index contributed by atoms with van der Waals surface area (Å²) in [5, 5.41) is 5.34. The van der Waals surface area contributed by atoms with Crippen molar-refractivity contribution in [2.75, 3.05) is 34.0 Å². The molecule has 0 saturated carbocycles. The third-order valence-electron chi connectivity index (χ3n) is 6.35.